The van der Waals surface area contributed by atoms with Crippen molar-refractivity contribution in [1.82, 2.24) is 4.72 Å². The summed E-state index contributed by atoms with van der Waals surface area (Å²) in [7, 11) is -3.89. The van der Waals surface area contributed by atoms with Crippen LogP contribution in [-0.2, 0) is 16.6 Å². The van der Waals surface area contributed by atoms with Crippen molar-refractivity contribution in [3.05, 3.63) is 47.9 Å². The Bertz CT molecular complexity index is 720. The number of hydrogen-bond donors (Lipinski definition) is 3. The largest absolute Gasteiger partial charge is 0.507 e. The summed E-state index contributed by atoms with van der Waals surface area (Å²) >= 11 is 0. The van der Waals surface area contributed by atoms with Crippen LogP contribution in [0, 0.1) is 0 Å². The van der Waals surface area contributed by atoms with E-state index >= 15 is 0 Å². The van der Waals surface area contributed by atoms with Gasteiger partial charge in [-0.05, 0) is 30.3 Å². The van der Waals surface area contributed by atoms with Crippen LogP contribution in [0.15, 0.2) is 45.9 Å². The van der Waals surface area contributed by atoms with Gasteiger partial charge in [0, 0.05) is 0 Å². The molecule has 0 aliphatic heterocycles. The number of phenols is 1. The van der Waals surface area contributed by atoms with Crippen LogP contribution >= 0.6 is 0 Å². The van der Waals surface area contributed by atoms with Crippen molar-refractivity contribution >= 4 is 16.0 Å². The highest BCUT2D eigenvalue weighted by molar-refractivity contribution is 7.89. The van der Waals surface area contributed by atoms with Crippen molar-refractivity contribution in [3.63, 3.8) is 0 Å². The van der Waals surface area contributed by atoms with Crippen LogP contribution in [0.25, 0.3) is 0 Å². The molecule has 1 heterocycles. The number of aromatic carboxylic acids is 1. The third kappa shape index (κ3) is 2.98. The fraction of sp³-hybridized carbons (Fsp3) is 0.0833. The zero-order valence-electron chi connectivity index (χ0n) is 10.1. The minimum atomic E-state index is -3.89. The lowest BCUT2D eigenvalue weighted by molar-refractivity contribution is 0.0693. The molecule has 0 aliphatic rings. The summed E-state index contributed by atoms with van der Waals surface area (Å²) in [4.78, 5) is 10.6. The van der Waals surface area contributed by atoms with Gasteiger partial charge in [-0.15, -0.1) is 0 Å². The SMILES string of the molecule is O=C(O)c1cc(S(=O)(=O)NCc2ccco2)ccc1O. The van der Waals surface area contributed by atoms with Crippen molar-refractivity contribution in [1.29, 1.82) is 0 Å². The first kappa shape index (κ1) is 14.1. The van der Waals surface area contributed by atoms with E-state index in [2.05, 4.69) is 4.72 Å². The molecule has 0 amide bonds. The Hall–Kier alpha value is -2.32. The van der Waals surface area contributed by atoms with Gasteiger partial charge in [-0.3, -0.25) is 0 Å². The molecule has 8 heteroatoms. The molecular formula is C12H11NO6S. The molecule has 3 N–H and O–H groups in total. The number of hydrogen-bond acceptors (Lipinski definition) is 5. The van der Waals surface area contributed by atoms with Gasteiger partial charge in [-0.2, -0.15) is 0 Å². The highest BCUT2D eigenvalue weighted by Gasteiger charge is 2.18. The van der Waals surface area contributed by atoms with Gasteiger partial charge in [0.2, 0.25) is 10.0 Å². The second kappa shape index (κ2) is 5.35. The van der Waals surface area contributed by atoms with Crippen LogP contribution in [-0.4, -0.2) is 24.6 Å². The number of furan rings is 1. The molecule has 2 aromatic rings. The van der Waals surface area contributed by atoms with E-state index in [0.29, 0.717) is 5.76 Å². The lowest BCUT2D eigenvalue weighted by Gasteiger charge is -2.07. The summed E-state index contributed by atoms with van der Waals surface area (Å²) in [5, 5.41) is 18.2. The van der Waals surface area contributed by atoms with Crippen molar-refractivity contribution in [3.8, 4) is 5.75 Å². The third-order valence-electron chi connectivity index (χ3n) is 2.53. The molecule has 0 fully saturated rings. The molecule has 0 saturated heterocycles. The number of sulfonamides is 1. The lowest BCUT2D eigenvalue weighted by Crippen LogP contribution is -2.23. The van der Waals surface area contributed by atoms with Crippen molar-refractivity contribution < 1.29 is 27.8 Å². The minimum absolute atomic E-state index is 0.0569. The highest BCUT2D eigenvalue weighted by Crippen LogP contribution is 2.21. The molecule has 0 bridgehead atoms. The number of carboxylic acids is 1. The molecule has 1 aromatic carbocycles. The topological polar surface area (TPSA) is 117 Å². The van der Waals surface area contributed by atoms with Crippen molar-refractivity contribution in [2.24, 2.45) is 0 Å². The fourth-order valence-corrected chi connectivity index (χ4v) is 2.54. The average Bonchev–Trinajstić information content (AvgIpc) is 2.89. The van der Waals surface area contributed by atoms with E-state index in [0.717, 1.165) is 18.2 Å². The summed E-state index contributed by atoms with van der Waals surface area (Å²) < 4.78 is 31.2. The van der Waals surface area contributed by atoms with E-state index in [1.807, 2.05) is 0 Å². The van der Waals surface area contributed by atoms with E-state index < -0.39 is 27.3 Å². The maximum atomic E-state index is 12.0. The number of rotatable bonds is 5. The zero-order valence-corrected chi connectivity index (χ0v) is 10.9. The monoisotopic (exact) mass is 297 g/mol. The lowest BCUT2D eigenvalue weighted by atomic mass is 10.2. The Labute approximate surface area is 114 Å². The van der Waals surface area contributed by atoms with Gasteiger partial charge >= 0.3 is 5.97 Å². The number of aromatic hydroxyl groups is 1. The van der Waals surface area contributed by atoms with Crippen molar-refractivity contribution in [2.45, 2.75) is 11.4 Å². The van der Waals surface area contributed by atoms with E-state index in [1.54, 1.807) is 12.1 Å². The van der Waals surface area contributed by atoms with Gasteiger partial charge in [-0.1, -0.05) is 0 Å². The number of nitrogens with one attached hydrogen (secondary N) is 1. The zero-order chi connectivity index (χ0) is 14.8. The third-order valence-corrected chi connectivity index (χ3v) is 3.92. The summed E-state index contributed by atoms with van der Waals surface area (Å²) in [5.41, 5.74) is -0.481. The highest BCUT2D eigenvalue weighted by atomic mass is 32.2. The molecule has 0 unspecified atom stereocenters. The van der Waals surface area contributed by atoms with E-state index in [1.165, 1.54) is 6.26 Å². The second-order valence-corrected chi connectivity index (χ2v) is 5.65. The molecule has 0 saturated carbocycles. The standard InChI is InChI=1S/C12H11NO6S/c14-11-4-3-9(6-10(11)12(15)16)20(17,18)13-7-8-2-1-5-19-8/h1-6,13-14H,7H2,(H,15,16). The molecule has 1 aromatic heterocycles. The summed E-state index contributed by atoms with van der Waals surface area (Å²) in [5.74, 6) is -1.49. The Morgan fingerprint density at radius 1 is 1.30 bits per heavy atom. The molecule has 0 spiro atoms. The van der Waals surface area contributed by atoms with E-state index in [9.17, 15) is 18.3 Å². The van der Waals surface area contributed by atoms with E-state index in [-0.39, 0.29) is 11.4 Å². The second-order valence-electron chi connectivity index (χ2n) is 3.89. The van der Waals surface area contributed by atoms with Crippen LogP contribution in [0.4, 0.5) is 0 Å². The quantitative estimate of drug-likeness (QED) is 0.762. The number of benzene rings is 1. The van der Waals surface area contributed by atoms with Crippen LogP contribution in [0.3, 0.4) is 0 Å². The number of carboxylic acid groups (broad SMARTS) is 1. The van der Waals surface area contributed by atoms with Crippen LogP contribution < -0.4 is 4.72 Å². The van der Waals surface area contributed by atoms with Crippen molar-refractivity contribution in [2.75, 3.05) is 0 Å². The maximum Gasteiger partial charge on any atom is 0.339 e. The molecule has 0 radical (unpaired) electrons. The minimum Gasteiger partial charge on any atom is -0.507 e. The molecule has 20 heavy (non-hydrogen) atoms. The summed E-state index contributed by atoms with van der Waals surface area (Å²) in [6, 6.07) is 6.24. The van der Waals surface area contributed by atoms with Gasteiger partial charge in [0.1, 0.15) is 17.1 Å². The first-order chi connectivity index (χ1) is 9.40. The molecule has 2 rings (SSSR count). The Balaban J connectivity index is 2.25. The normalized spacial score (nSPS) is 11.4. The number of carbonyl (C=O) groups is 1. The molecule has 0 atom stereocenters. The van der Waals surface area contributed by atoms with Crippen LogP contribution in [0.2, 0.25) is 0 Å². The Kier molecular flexibility index (Phi) is 3.77. The van der Waals surface area contributed by atoms with Gasteiger partial charge < -0.3 is 14.6 Å². The predicted octanol–water partition coefficient (Wildman–Crippen LogP) is 1.16. The predicted molar refractivity (Wildman–Crippen MR) is 67.8 cm³/mol. The maximum absolute atomic E-state index is 12.0. The molecule has 0 aliphatic carbocycles. The average molecular weight is 297 g/mol. The molecule has 106 valence electrons. The molecule has 7 nitrogen and oxygen atoms in total. The Morgan fingerprint density at radius 3 is 2.65 bits per heavy atom. The van der Waals surface area contributed by atoms with Gasteiger partial charge in [-0.25, -0.2) is 17.9 Å². The smallest absolute Gasteiger partial charge is 0.339 e. The van der Waals surface area contributed by atoms with E-state index in [4.69, 9.17) is 9.52 Å². The molecular weight excluding hydrogens is 286 g/mol. The van der Waals surface area contributed by atoms with Gasteiger partial charge in [0.25, 0.3) is 0 Å². The van der Waals surface area contributed by atoms with Gasteiger partial charge in [0.15, 0.2) is 0 Å². The Morgan fingerprint density at radius 2 is 2.05 bits per heavy atom. The van der Waals surface area contributed by atoms with Crippen LogP contribution in [0.1, 0.15) is 16.1 Å². The summed E-state index contributed by atoms with van der Waals surface area (Å²) in [6.07, 6.45) is 1.41. The fourth-order valence-electron chi connectivity index (χ4n) is 1.52. The first-order valence-electron chi connectivity index (χ1n) is 5.48. The van der Waals surface area contributed by atoms with Crippen LogP contribution in [0.5, 0.6) is 5.75 Å². The summed E-state index contributed by atoms with van der Waals surface area (Å²) in [6.45, 7) is -0.0569. The first-order valence-corrected chi connectivity index (χ1v) is 6.97. The van der Waals surface area contributed by atoms with Gasteiger partial charge in [0.05, 0.1) is 17.7 Å².